The molecule has 0 spiro atoms. The Kier molecular flexibility index (Phi) is 6.95. The van der Waals surface area contributed by atoms with Gasteiger partial charge in [0.05, 0.1) is 6.61 Å². The summed E-state index contributed by atoms with van der Waals surface area (Å²) in [5, 5.41) is 0. The smallest absolute Gasteiger partial charge is 0.260 e. The van der Waals surface area contributed by atoms with Crippen molar-refractivity contribution in [3.8, 4) is 11.5 Å². The lowest BCUT2D eigenvalue weighted by Crippen LogP contribution is -2.41. The Bertz CT molecular complexity index is 747. The van der Waals surface area contributed by atoms with Gasteiger partial charge >= 0.3 is 0 Å². The van der Waals surface area contributed by atoms with Crippen molar-refractivity contribution in [2.24, 2.45) is 5.92 Å². The van der Waals surface area contributed by atoms with Crippen molar-refractivity contribution in [3.05, 3.63) is 42.5 Å². The summed E-state index contributed by atoms with van der Waals surface area (Å²) in [6, 6.07) is 7.39. The van der Waals surface area contributed by atoms with Gasteiger partial charge in [-0.3, -0.25) is 4.79 Å². The zero-order chi connectivity index (χ0) is 19.9. The fourth-order valence-electron chi connectivity index (χ4n) is 3.65. The quantitative estimate of drug-likeness (QED) is 0.695. The number of benzene rings is 1. The van der Waals surface area contributed by atoms with Gasteiger partial charge in [-0.05, 0) is 49.9 Å². The minimum atomic E-state index is 0.0536. The summed E-state index contributed by atoms with van der Waals surface area (Å²) in [6.07, 6.45) is 5.98. The van der Waals surface area contributed by atoms with Crippen LogP contribution in [0.4, 0.5) is 0 Å². The monoisotopic (exact) mass is 385 g/mol. The van der Waals surface area contributed by atoms with Crippen molar-refractivity contribution in [3.63, 3.8) is 0 Å². The van der Waals surface area contributed by atoms with Crippen LogP contribution in [0.15, 0.2) is 36.7 Å². The number of imidazole rings is 1. The molecule has 0 radical (unpaired) electrons. The first kappa shape index (κ1) is 20.2. The van der Waals surface area contributed by atoms with Gasteiger partial charge < -0.3 is 18.9 Å². The van der Waals surface area contributed by atoms with E-state index in [0.29, 0.717) is 24.2 Å². The molecule has 1 aliphatic rings. The number of aromatic nitrogens is 2. The van der Waals surface area contributed by atoms with Crippen molar-refractivity contribution in [2.45, 2.75) is 46.1 Å². The van der Waals surface area contributed by atoms with Gasteiger partial charge in [-0.15, -0.1) is 0 Å². The number of nitrogens with zero attached hydrogens (tertiary/aromatic N) is 3. The van der Waals surface area contributed by atoms with E-state index in [1.54, 1.807) is 0 Å². The van der Waals surface area contributed by atoms with Gasteiger partial charge in [0.15, 0.2) is 6.61 Å². The van der Waals surface area contributed by atoms with Crippen LogP contribution >= 0.6 is 0 Å². The van der Waals surface area contributed by atoms with E-state index < -0.39 is 0 Å². The zero-order valence-electron chi connectivity index (χ0n) is 17.1. The molecule has 1 fully saturated rings. The number of hydrogen-bond donors (Lipinski definition) is 0. The summed E-state index contributed by atoms with van der Waals surface area (Å²) in [7, 11) is 0. The van der Waals surface area contributed by atoms with Crippen LogP contribution in [0.25, 0.3) is 0 Å². The number of piperidine rings is 1. The lowest BCUT2D eigenvalue weighted by molar-refractivity contribution is -0.134. The van der Waals surface area contributed by atoms with E-state index in [0.717, 1.165) is 44.0 Å². The largest absolute Gasteiger partial charge is 0.494 e. The molecule has 1 aliphatic heterocycles. The molecule has 0 atom stereocenters. The predicted molar refractivity (Wildman–Crippen MR) is 109 cm³/mol. The van der Waals surface area contributed by atoms with Crippen molar-refractivity contribution < 1.29 is 14.3 Å². The molecule has 0 saturated carbocycles. The Morgan fingerprint density at radius 2 is 1.79 bits per heavy atom. The minimum Gasteiger partial charge on any atom is -0.494 e. The Labute approximate surface area is 167 Å². The van der Waals surface area contributed by atoms with Crippen molar-refractivity contribution in [1.82, 2.24) is 14.5 Å². The van der Waals surface area contributed by atoms with Crippen LogP contribution in [-0.2, 0) is 11.3 Å². The van der Waals surface area contributed by atoms with Crippen molar-refractivity contribution in [2.75, 3.05) is 26.3 Å². The second-order valence-corrected chi connectivity index (χ2v) is 7.61. The molecule has 6 heteroatoms. The summed E-state index contributed by atoms with van der Waals surface area (Å²) < 4.78 is 13.3. The molecule has 152 valence electrons. The van der Waals surface area contributed by atoms with E-state index in [1.165, 1.54) is 0 Å². The Morgan fingerprint density at radius 1 is 1.14 bits per heavy atom. The van der Waals surface area contributed by atoms with Gasteiger partial charge in [-0.25, -0.2) is 4.98 Å². The molecule has 0 bridgehead atoms. The van der Waals surface area contributed by atoms with Gasteiger partial charge in [0.2, 0.25) is 0 Å². The fraction of sp³-hybridized carbons (Fsp3) is 0.545. The van der Waals surface area contributed by atoms with E-state index >= 15 is 0 Å². The van der Waals surface area contributed by atoms with Crippen molar-refractivity contribution in [1.29, 1.82) is 0 Å². The predicted octanol–water partition coefficient (Wildman–Crippen LogP) is 3.72. The standard InChI is InChI=1S/C22H31N3O3/c1-4-27-19-5-7-20(8-6-19)28-16-21(26)24-12-9-18(10-13-24)15-25-14-11-23-22(25)17(2)3/h5-8,11,14,17-18H,4,9-10,12-13,15-16H2,1-3H3. The van der Waals surface area contributed by atoms with E-state index in [1.807, 2.05) is 42.3 Å². The Hall–Kier alpha value is -2.50. The molecule has 2 aromatic rings. The van der Waals surface area contributed by atoms with Crippen molar-refractivity contribution >= 4 is 5.91 Å². The van der Waals surface area contributed by atoms with Gasteiger partial charge in [0.1, 0.15) is 17.3 Å². The molecule has 1 aromatic heterocycles. The summed E-state index contributed by atoms with van der Waals surface area (Å²) >= 11 is 0. The normalized spacial score (nSPS) is 15.1. The molecule has 1 saturated heterocycles. The highest BCUT2D eigenvalue weighted by atomic mass is 16.5. The molecule has 1 amide bonds. The van der Waals surface area contributed by atoms with E-state index in [2.05, 4.69) is 29.6 Å². The first-order valence-electron chi connectivity index (χ1n) is 10.2. The van der Waals surface area contributed by atoms with Crippen LogP contribution < -0.4 is 9.47 Å². The van der Waals surface area contributed by atoms with E-state index in [9.17, 15) is 4.79 Å². The second kappa shape index (κ2) is 9.62. The first-order valence-corrected chi connectivity index (χ1v) is 10.2. The van der Waals surface area contributed by atoms with Crippen LogP contribution in [0.1, 0.15) is 45.4 Å². The van der Waals surface area contributed by atoms with Gasteiger partial charge in [-0.1, -0.05) is 13.8 Å². The van der Waals surface area contributed by atoms with E-state index in [-0.39, 0.29) is 12.5 Å². The van der Waals surface area contributed by atoms with Gasteiger partial charge in [0.25, 0.3) is 5.91 Å². The van der Waals surface area contributed by atoms with Crippen LogP contribution in [0, 0.1) is 5.92 Å². The summed E-state index contributed by atoms with van der Waals surface area (Å²) in [4.78, 5) is 18.9. The molecule has 0 unspecified atom stereocenters. The van der Waals surface area contributed by atoms with Crippen LogP contribution in [-0.4, -0.2) is 46.7 Å². The molecule has 6 nitrogen and oxygen atoms in total. The number of carbonyl (C=O) groups is 1. The summed E-state index contributed by atoms with van der Waals surface area (Å²) in [6.45, 7) is 9.58. The summed E-state index contributed by atoms with van der Waals surface area (Å²) in [5.74, 6) is 3.70. The second-order valence-electron chi connectivity index (χ2n) is 7.61. The average molecular weight is 386 g/mol. The highest BCUT2D eigenvalue weighted by Crippen LogP contribution is 2.22. The Morgan fingerprint density at radius 3 is 2.39 bits per heavy atom. The highest BCUT2D eigenvalue weighted by Gasteiger charge is 2.24. The lowest BCUT2D eigenvalue weighted by atomic mass is 9.96. The number of ether oxygens (including phenoxy) is 2. The number of rotatable bonds is 8. The number of likely N-dealkylation sites (tertiary alicyclic amines) is 1. The lowest BCUT2D eigenvalue weighted by Gasteiger charge is -2.32. The average Bonchev–Trinajstić information content (AvgIpc) is 3.16. The topological polar surface area (TPSA) is 56.6 Å². The Balaban J connectivity index is 1.42. The molecule has 0 aliphatic carbocycles. The maximum atomic E-state index is 12.5. The molecule has 2 heterocycles. The van der Waals surface area contributed by atoms with Gasteiger partial charge in [0, 0.05) is 37.9 Å². The van der Waals surface area contributed by atoms with Gasteiger partial charge in [-0.2, -0.15) is 0 Å². The van der Waals surface area contributed by atoms with Crippen LogP contribution in [0.5, 0.6) is 11.5 Å². The number of carbonyl (C=O) groups excluding carboxylic acids is 1. The number of hydrogen-bond acceptors (Lipinski definition) is 4. The minimum absolute atomic E-state index is 0.0536. The zero-order valence-corrected chi connectivity index (χ0v) is 17.1. The molecule has 3 rings (SSSR count). The van der Waals surface area contributed by atoms with Crippen LogP contribution in [0.2, 0.25) is 0 Å². The third-order valence-corrected chi connectivity index (χ3v) is 5.18. The maximum absolute atomic E-state index is 12.5. The molecular weight excluding hydrogens is 354 g/mol. The molecule has 1 aromatic carbocycles. The third kappa shape index (κ3) is 5.27. The molecule has 28 heavy (non-hydrogen) atoms. The maximum Gasteiger partial charge on any atom is 0.260 e. The molecular formula is C22H31N3O3. The molecule has 0 N–H and O–H groups in total. The van der Waals surface area contributed by atoms with E-state index in [4.69, 9.17) is 9.47 Å². The van der Waals surface area contributed by atoms with Crippen LogP contribution in [0.3, 0.4) is 0 Å². The highest BCUT2D eigenvalue weighted by molar-refractivity contribution is 5.77. The SMILES string of the molecule is CCOc1ccc(OCC(=O)N2CCC(Cn3ccnc3C(C)C)CC2)cc1. The summed E-state index contributed by atoms with van der Waals surface area (Å²) in [5.41, 5.74) is 0. The fourth-order valence-corrected chi connectivity index (χ4v) is 3.65. The first-order chi connectivity index (χ1) is 13.6. The third-order valence-electron chi connectivity index (χ3n) is 5.18. The number of amides is 1.